The zero-order valence-corrected chi connectivity index (χ0v) is 14.4. The van der Waals surface area contributed by atoms with Gasteiger partial charge >= 0.3 is 0 Å². The first-order valence-electron chi connectivity index (χ1n) is 8.35. The van der Waals surface area contributed by atoms with E-state index in [4.69, 9.17) is 0 Å². The average molecular weight is 292 g/mol. The van der Waals surface area contributed by atoms with Crippen LogP contribution in [-0.4, -0.2) is 40.4 Å². The van der Waals surface area contributed by atoms with Crippen LogP contribution >= 0.6 is 0 Å². The largest absolute Gasteiger partial charge is 0.312 e. The molecule has 2 atom stereocenters. The fraction of sp³-hybridized carbons (Fsp3) is 0.824. The third-order valence-electron chi connectivity index (χ3n) is 4.92. The summed E-state index contributed by atoms with van der Waals surface area (Å²) in [6.07, 6.45) is 9.26. The van der Waals surface area contributed by atoms with Crippen LogP contribution in [0.3, 0.4) is 0 Å². The number of aryl methyl sites for hydroxylation is 1. The number of rotatable bonds is 6. The second kappa shape index (κ2) is 6.93. The van der Waals surface area contributed by atoms with Crippen LogP contribution in [0, 0.1) is 5.41 Å². The fourth-order valence-electron chi connectivity index (χ4n) is 3.76. The van der Waals surface area contributed by atoms with Crippen molar-refractivity contribution >= 4 is 0 Å². The highest BCUT2D eigenvalue weighted by atomic mass is 15.2. The average Bonchev–Trinajstić information content (AvgIpc) is 2.81. The van der Waals surface area contributed by atoms with Gasteiger partial charge in [-0.05, 0) is 38.3 Å². The summed E-state index contributed by atoms with van der Waals surface area (Å²) in [6.45, 7) is 9.19. The van der Waals surface area contributed by atoms with Gasteiger partial charge in [0.25, 0.3) is 0 Å². The van der Waals surface area contributed by atoms with Crippen LogP contribution in [-0.2, 0) is 13.6 Å². The molecule has 120 valence electrons. The molecule has 1 aliphatic carbocycles. The van der Waals surface area contributed by atoms with Crippen LogP contribution in [0.25, 0.3) is 0 Å². The van der Waals surface area contributed by atoms with E-state index in [0.29, 0.717) is 17.5 Å². The van der Waals surface area contributed by atoms with Crippen LogP contribution in [0.15, 0.2) is 12.4 Å². The molecule has 0 aliphatic heterocycles. The van der Waals surface area contributed by atoms with E-state index in [-0.39, 0.29) is 0 Å². The minimum absolute atomic E-state index is 0.376. The number of likely N-dealkylation sites (N-methyl/N-ethyl adjacent to an activating group) is 1. The van der Waals surface area contributed by atoms with Crippen molar-refractivity contribution in [1.82, 2.24) is 20.0 Å². The molecule has 1 aromatic heterocycles. The molecule has 2 rings (SSSR count). The van der Waals surface area contributed by atoms with Crippen LogP contribution in [0.5, 0.6) is 0 Å². The maximum atomic E-state index is 4.29. The molecule has 4 nitrogen and oxygen atoms in total. The maximum absolute atomic E-state index is 4.29. The number of hydrogen-bond donors (Lipinski definition) is 1. The van der Waals surface area contributed by atoms with Gasteiger partial charge in [-0.1, -0.05) is 27.2 Å². The van der Waals surface area contributed by atoms with Gasteiger partial charge in [0.1, 0.15) is 0 Å². The monoisotopic (exact) mass is 292 g/mol. The van der Waals surface area contributed by atoms with Crippen molar-refractivity contribution in [2.75, 3.05) is 13.6 Å². The first-order chi connectivity index (χ1) is 9.94. The Hall–Kier alpha value is -0.870. The zero-order valence-electron chi connectivity index (χ0n) is 14.4. The van der Waals surface area contributed by atoms with Gasteiger partial charge in [-0.25, -0.2) is 0 Å². The molecule has 0 aromatic carbocycles. The van der Waals surface area contributed by atoms with E-state index in [9.17, 15) is 0 Å². The van der Waals surface area contributed by atoms with Crippen molar-refractivity contribution in [3.8, 4) is 0 Å². The lowest BCUT2D eigenvalue weighted by Gasteiger charge is -2.48. The lowest BCUT2D eigenvalue weighted by atomic mass is 9.70. The van der Waals surface area contributed by atoms with E-state index < -0.39 is 0 Å². The van der Waals surface area contributed by atoms with Crippen molar-refractivity contribution in [1.29, 1.82) is 0 Å². The van der Waals surface area contributed by atoms with Gasteiger partial charge in [-0.2, -0.15) is 5.10 Å². The quantitative estimate of drug-likeness (QED) is 0.875. The summed E-state index contributed by atoms with van der Waals surface area (Å²) in [7, 11) is 4.25. The van der Waals surface area contributed by atoms with Crippen molar-refractivity contribution in [2.45, 2.75) is 65.1 Å². The van der Waals surface area contributed by atoms with Gasteiger partial charge in [0.2, 0.25) is 0 Å². The number of hydrogen-bond acceptors (Lipinski definition) is 3. The third kappa shape index (κ3) is 4.07. The Labute approximate surface area is 129 Å². The fourth-order valence-corrected chi connectivity index (χ4v) is 3.76. The summed E-state index contributed by atoms with van der Waals surface area (Å²) in [4.78, 5) is 2.52. The Bertz CT molecular complexity index is 438. The molecule has 21 heavy (non-hydrogen) atoms. The van der Waals surface area contributed by atoms with Crippen molar-refractivity contribution in [3.63, 3.8) is 0 Å². The Morgan fingerprint density at radius 2 is 2.24 bits per heavy atom. The number of nitrogens with one attached hydrogen (secondary N) is 1. The van der Waals surface area contributed by atoms with E-state index in [2.05, 4.69) is 49.3 Å². The van der Waals surface area contributed by atoms with Crippen LogP contribution in [0.4, 0.5) is 0 Å². The van der Waals surface area contributed by atoms with Crippen LogP contribution < -0.4 is 5.32 Å². The molecule has 0 saturated heterocycles. The van der Waals surface area contributed by atoms with Gasteiger partial charge in [-0.15, -0.1) is 0 Å². The SMILES string of the molecule is CCCNC1C(N(C)Cc2cnn(C)c2)CCCC1(C)C. The summed E-state index contributed by atoms with van der Waals surface area (Å²) in [6, 6.07) is 1.19. The molecule has 1 aliphatic rings. The van der Waals surface area contributed by atoms with Gasteiger partial charge in [-0.3, -0.25) is 9.58 Å². The predicted molar refractivity (Wildman–Crippen MR) is 88.2 cm³/mol. The molecule has 1 saturated carbocycles. The number of nitrogens with zero attached hydrogens (tertiary/aromatic N) is 3. The van der Waals surface area contributed by atoms with Crippen LogP contribution in [0.2, 0.25) is 0 Å². The maximum Gasteiger partial charge on any atom is 0.0534 e. The second-order valence-corrected chi connectivity index (χ2v) is 7.32. The molecule has 1 heterocycles. The van der Waals surface area contributed by atoms with E-state index >= 15 is 0 Å². The summed E-state index contributed by atoms with van der Waals surface area (Å²) >= 11 is 0. The van der Waals surface area contributed by atoms with Crippen molar-refractivity contribution in [2.24, 2.45) is 12.5 Å². The summed E-state index contributed by atoms with van der Waals surface area (Å²) in [5.41, 5.74) is 1.68. The smallest absolute Gasteiger partial charge is 0.0534 e. The molecular weight excluding hydrogens is 260 g/mol. The first kappa shape index (κ1) is 16.5. The molecule has 0 bridgehead atoms. The summed E-state index contributed by atoms with van der Waals surface area (Å²) < 4.78 is 1.89. The van der Waals surface area contributed by atoms with Crippen molar-refractivity contribution in [3.05, 3.63) is 18.0 Å². The van der Waals surface area contributed by atoms with Crippen molar-refractivity contribution < 1.29 is 0 Å². The standard InChI is InChI=1S/C17H32N4/c1-6-10-18-16-15(8-7-9-17(16,2)3)20(4)12-14-11-19-21(5)13-14/h11,13,15-16,18H,6-10,12H2,1-5H3. The topological polar surface area (TPSA) is 33.1 Å². The van der Waals surface area contributed by atoms with E-state index in [1.165, 1.54) is 31.2 Å². The predicted octanol–water partition coefficient (Wildman–Crippen LogP) is 2.80. The highest BCUT2D eigenvalue weighted by Gasteiger charge is 2.40. The van der Waals surface area contributed by atoms with Gasteiger partial charge in [0.05, 0.1) is 6.20 Å². The van der Waals surface area contributed by atoms with Crippen LogP contribution in [0.1, 0.15) is 52.0 Å². The number of aromatic nitrogens is 2. The highest BCUT2D eigenvalue weighted by Crippen LogP contribution is 2.37. The minimum atomic E-state index is 0.376. The normalized spacial score (nSPS) is 25.4. The molecule has 1 fully saturated rings. The third-order valence-corrected chi connectivity index (χ3v) is 4.92. The Balaban J connectivity index is 2.06. The molecule has 0 radical (unpaired) electrons. The molecule has 1 N–H and O–H groups in total. The molecule has 0 amide bonds. The van der Waals surface area contributed by atoms with E-state index in [1.54, 1.807) is 0 Å². The highest BCUT2D eigenvalue weighted by molar-refractivity contribution is 5.05. The van der Waals surface area contributed by atoms with Gasteiger partial charge in [0.15, 0.2) is 0 Å². The second-order valence-electron chi connectivity index (χ2n) is 7.32. The zero-order chi connectivity index (χ0) is 15.5. The Kier molecular flexibility index (Phi) is 5.44. The summed E-state index contributed by atoms with van der Waals surface area (Å²) in [5, 5.41) is 8.11. The summed E-state index contributed by atoms with van der Waals surface area (Å²) in [5.74, 6) is 0. The molecule has 2 unspecified atom stereocenters. The van der Waals surface area contributed by atoms with E-state index in [1.807, 2.05) is 17.9 Å². The van der Waals surface area contributed by atoms with E-state index in [0.717, 1.165) is 13.1 Å². The van der Waals surface area contributed by atoms with Gasteiger partial charge in [0, 0.05) is 37.4 Å². The minimum Gasteiger partial charge on any atom is -0.312 e. The molecule has 4 heteroatoms. The van der Waals surface area contributed by atoms with Gasteiger partial charge < -0.3 is 5.32 Å². The first-order valence-corrected chi connectivity index (χ1v) is 8.35. The molecular formula is C17H32N4. The molecule has 0 spiro atoms. The Morgan fingerprint density at radius 1 is 1.48 bits per heavy atom. The Morgan fingerprint density at radius 3 is 2.86 bits per heavy atom. The molecule has 1 aromatic rings. The lowest BCUT2D eigenvalue weighted by molar-refractivity contribution is 0.0589. The lowest BCUT2D eigenvalue weighted by Crippen LogP contribution is -2.58.